The van der Waals surface area contributed by atoms with E-state index in [4.69, 9.17) is 16.0 Å². The van der Waals surface area contributed by atoms with Gasteiger partial charge in [0.25, 0.3) is 0 Å². The summed E-state index contributed by atoms with van der Waals surface area (Å²) >= 11 is 0. The molecule has 0 aliphatic heterocycles. The van der Waals surface area contributed by atoms with Crippen molar-refractivity contribution in [2.45, 2.75) is 6.92 Å². The Morgan fingerprint density at radius 2 is 2.14 bits per heavy atom. The van der Waals surface area contributed by atoms with Gasteiger partial charge in [0, 0.05) is 10.9 Å². The van der Waals surface area contributed by atoms with Crippen LogP contribution in [-0.4, -0.2) is 5.84 Å². The minimum Gasteiger partial charge on any atom is -0.461 e. The third kappa shape index (κ3) is 1.31. The van der Waals surface area contributed by atoms with Crippen molar-refractivity contribution in [1.29, 1.82) is 0 Å². The highest BCUT2D eigenvalue weighted by Gasteiger charge is 2.03. The Hall–Kier alpha value is -1.97. The fourth-order valence-corrected chi connectivity index (χ4v) is 1.41. The Kier molecular flexibility index (Phi) is 1.89. The van der Waals surface area contributed by atoms with Crippen LogP contribution < -0.4 is 11.6 Å². The van der Waals surface area contributed by atoms with E-state index in [1.54, 1.807) is 0 Å². The maximum atomic E-state index is 5.59. The first-order valence-corrected chi connectivity index (χ1v) is 4.24. The van der Waals surface area contributed by atoms with Gasteiger partial charge in [0.1, 0.15) is 17.2 Å². The molecular weight excluding hydrogens is 178 g/mol. The average Bonchev–Trinajstić information content (AvgIpc) is 2.55. The molecule has 0 atom stereocenters. The highest BCUT2D eigenvalue weighted by molar-refractivity contribution is 6.00. The number of nitrogens with zero attached hydrogens (tertiary/aromatic N) is 1. The highest BCUT2D eigenvalue weighted by Crippen LogP contribution is 2.19. The molecule has 1 heterocycles. The summed E-state index contributed by atoms with van der Waals surface area (Å²) in [6.07, 6.45) is 0. The summed E-state index contributed by atoms with van der Waals surface area (Å²) in [5.74, 6) is 6.29. The number of aryl methyl sites for hydroxylation is 1. The Labute approximate surface area is 81.2 Å². The number of hydrogen-bond acceptors (Lipinski definition) is 3. The van der Waals surface area contributed by atoms with E-state index in [9.17, 15) is 0 Å². The van der Waals surface area contributed by atoms with Crippen LogP contribution in [0.2, 0.25) is 0 Å². The zero-order chi connectivity index (χ0) is 10.1. The summed E-state index contributed by atoms with van der Waals surface area (Å²) in [5, 5.41) is 4.44. The molecule has 2 rings (SSSR count). The van der Waals surface area contributed by atoms with Crippen LogP contribution in [0.1, 0.15) is 11.3 Å². The van der Waals surface area contributed by atoms with Crippen LogP contribution in [0.5, 0.6) is 0 Å². The standard InChI is InChI=1S/C10H11N3O/c1-6-4-8-5-7(10(11)13-12)2-3-9(8)14-6/h2-5H,12H2,1H3,(H2,11,13). The first-order valence-electron chi connectivity index (χ1n) is 4.24. The topological polar surface area (TPSA) is 77.5 Å². The smallest absolute Gasteiger partial charge is 0.150 e. The number of furan rings is 1. The van der Waals surface area contributed by atoms with E-state index in [1.165, 1.54) is 0 Å². The lowest BCUT2D eigenvalue weighted by molar-refractivity contribution is 0.578. The fraction of sp³-hybridized carbons (Fsp3) is 0.100. The second kappa shape index (κ2) is 3.06. The van der Waals surface area contributed by atoms with E-state index < -0.39 is 0 Å². The lowest BCUT2D eigenvalue weighted by atomic mass is 10.1. The molecule has 0 fully saturated rings. The molecule has 1 aromatic heterocycles. The molecule has 0 saturated heterocycles. The van der Waals surface area contributed by atoms with Crippen LogP contribution in [0.3, 0.4) is 0 Å². The highest BCUT2D eigenvalue weighted by atomic mass is 16.3. The van der Waals surface area contributed by atoms with Gasteiger partial charge in [0.05, 0.1) is 0 Å². The molecule has 0 spiro atoms. The van der Waals surface area contributed by atoms with Crippen molar-refractivity contribution in [3.63, 3.8) is 0 Å². The van der Waals surface area contributed by atoms with Gasteiger partial charge in [-0.05, 0) is 31.2 Å². The number of benzene rings is 1. The minimum atomic E-state index is 0.325. The Morgan fingerprint density at radius 3 is 2.86 bits per heavy atom. The van der Waals surface area contributed by atoms with Crippen LogP contribution in [0.4, 0.5) is 0 Å². The first-order chi connectivity index (χ1) is 6.70. The summed E-state index contributed by atoms with van der Waals surface area (Å²) in [6.45, 7) is 1.90. The lowest BCUT2D eigenvalue weighted by Crippen LogP contribution is -2.15. The van der Waals surface area contributed by atoms with Gasteiger partial charge >= 0.3 is 0 Å². The van der Waals surface area contributed by atoms with Crippen molar-refractivity contribution in [2.75, 3.05) is 0 Å². The van der Waals surface area contributed by atoms with E-state index >= 15 is 0 Å². The maximum absolute atomic E-state index is 5.59. The molecular formula is C10H11N3O. The van der Waals surface area contributed by atoms with E-state index in [1.807, 2.05) is 31.2 Å². The van der Waals surface area contributed by atoms with Crippen LogP contribution >= 0.6 is 0 Å². The molecule has 0 aliphatic carbocycles. The van der Waals surface area contributed by atoms with Gasteiger partial charge in [-0.1, -0.05) is 0 Å². The molecule has 2 aromatic rings. The van der Waals surface area contributed by atoms with E-state index in [0.29, 0.717) is 5.84 Å². The molecule has 0 radical (unpaired) electrons. The number of fused-ring (bicyclic) bond motifs is 1. The van der Waals surface area contributed by atoms with E-state index in [-0.39, 0.29) is 0 Å². The van der Waals surface area contributed by atoms with Gasteiger partial charge in [0.15, 0.2) is 0 Å². The van der Waals surface area contributed by atoms with Crippen molar-refractivity contribution in [3.8, 4) is 0 Å². The lowest BCUT2D eigenvalue weighted by Gasteiger charge is -1.97. The van der Waals surface area contributed by atoms with Crippen molar-refractivity contribution < 1.29 is 4.42 Å². The van der Waals surface area contributed by atoms with E-state index in [0.717, 1.165) is 22.3 Å². The molecule has 4 N–H and O–H groups in total. The number of nitrogens with two attached hydrogens (primary N) is 2. The van der Waals surface area contributed by atoms with Crippen LogP contribution in [0.25, 0.3) is 11.0 Å². The molecule has 1 aromatic carbocycles. The zero-order valence-corrected chi connectivity index (χ0v) is 7.82. The predicted molar refractivity (Wildman–Crippen MR) is 55.9 cm³/mol. The predicted octanol–water partition coefficient (Wildman–Crippen LogP) is 1.32. The summed E-state index contributed by atoms with van der Waals surface area (Å²) in [7, 11) is 0. The fourth-order valence-electron chi connectivity index (χ4n) is 1.41. The number of hydrogen-bond donors (Lipinski definition) is 2. The van der Waals surface area contributed by atoms with Gasteiger partial charge in [0.2, 0.25) is 0 Å². The monoisotopic (exact) mass is 189 g/mol. The van der Waals surface area contributed by atoms with Crippen LogP contribution in [0, 0.1) is 6.92 Å². The molecule has 0 saturated carbocycles. The minimum absolute atomic E-state index is 0.325. The zero-order valence-electron chi connectivity index (χ0n) is 7.82. The largest absolute Gasteiger partial charge is 0.461 e. The SMILES string of the molecule is Cc1cc2cc(/C(N)=N/N)ccc2o1. The van der Waals surface area contributed by atoms with E-state index in [2.05, 4.69) is 5.10 Å². The van der Waals surface area contributed by atoms with Crippen molar-refractivity contribution in [1.82, 2.24) is 0 Å². The first kappa shape index (κ1) is 8.62. The van der Waals surface area contributed by atoms with Gasteiger partial charge < -0.3 is 16.0 Å². The van der Waals surface area contributed by atoms with Gasteiger partial charge in [-0.15, -0.1) is 0 Å². The molecule has 14 heavy (non-hydrogen) atoms. The Bertz CT molecular complexity index is 499. The molecule has 0 bridgehead atoms. The van der Waals surface area contributed by atoms with Gasteiger partial charge in [-0.3, -0.25) is 0 Å². The molecule has 0 unspecified atom stereocenters. The Morgan fingerprint density at radius 1 is 1.36 bits per heavy atom. The molecule has 0 amide bonds. The summed E-state index contributed by atoms with van der Waals surface area (Å²) in [5.41, 5.74) is 7.24. The van der Waals surface area contributed by atoms with Crippen molar-refractivity contribution in [2.24, 2.45) is 16.7 Å². The van der Waals surface area contributed by atoms with Crippen molar-refractivity contribution in [3.05, 3.63) is 35.6 Å². The number of amidine groups is 1. The van der Waals surface area contributed by atoms with Crippen molar-refractivity contribution >= 4 is 16.8 Å². The third-order valence-corrected chi connectivity index (χ3v) is 2.07. The molecule has 4 heteroatoms. The normalized spacial score (nSPS) is 12.2. The van der Waals surface area contributed by atoms with Crippen LogP contribution in [0.15, 0.2) is 33.8 Å². The maximum Gasteiger partial charge on any atom is 0.150 e. The summed E-state index contributed by atoms with van der Waals surface area (Å²) in [6, 6.07) is 7.53. The number of rotatable bonds is 1. The molecule has 4 nitrogen and oxygen atoms in total. The molecule has 72 valence electrons. The molecule has 0 aliphatic rings. The number of hydrazone groups is 1. The van der Waals surface area contributed by atoms with Gasteiger partial charge in [-0.25, -0.2) is 0 Å². The quantitative estimate of drug-likeness (QED) is 0.307. The van der Waals surface area contributed by atoms with Gasteiger partial charge in [-0.2, -0.15) is 5.10 Å². The second-order valence-corrected chi connectivity index (χ2v) is 3.12. The third-order valence-electron chi connectivity index (χ3n) is 2.07. The Balaban J connectivity index is 2.61. The summed E-state index contributed by atoms with van der Waals surface area (Å²) < 4.78 is 5.42. The van der Waals surface area contributed by atoms with Crippen LogP contribution in [-0.2, 0) is 0 Å². The summed E-state index contributed by atoms with van der Waals surface area (Å²) in [4.78, 5) is 0. The second-order valence-electron chi connectivity index (χ2n) is 3.12. The average molecular weight is 189 g/mol.